The van der Waals surface area contributed by atoms with E-state index in [0.29, 0.717) is 23.3 Å². The van der Waals surface area contributed by atoms with Gasteiger partial charge >= 0.3 is 11.9 Å². The quantitative estimate of drug-likeness (QED) is 0.0510. The summed E-state index contributed by atoms with van der Waals surface area (Å²) in [6.45, 7) is 12.0. The molecule has 3 rings (SSSR count). The Hall–Kier alpha value is -3.53. The van der Waals surface area contributed by atoms with Crippen LogP contribution in [0.15, 0.2) is 60.7 Å². The van der Waals surface area contributed by atoms with Crippen molar-refractivity contribution in [3.8, 4) is 11.5 Å². The van der Waals surface area contributed by atoms with E-state index < -0.39 is 54.2 Å². The molecule has 1 unspecified atom stereocenters. The molecule has 12 nitrogen and oxygen atoms in total. The van der Waals surface area contributed by atoms with Crippen molar-refractivity contribution in [1.82, 2.24) is 0 Å². The Morgan fingerprint density at radius 3 is 2.35 bits per heavy atom. The molecule has 0 amide bonds. The molecule has 0 aromatic heterocycles. The molecule has 2 aromatic rings. The first-order chi connectivity index (χ1) is 23.9. The molecular weight excluding hydrogens is 697 g/mol. The van der Waals surface area contributed by atoms with E-state index in [9.17, 15) is 18.0 Å². The third-order valence-electron chi connectivity index (χ3n) is 7.60. The van der Waals surface area contributed by atoms with Crippen molar-refractivity contribution in [3.05, 3.63) is 77.4 Å². The zero-order valence-corrected chi connectivity index (χ0v) is 32.8. The highest BCUT2D eigenvalue weighted by Gasteiger charge is 2.45. The van der Waals surface area contributed by atoms with Gasteiger partial charge in [-0.1, -0.05) is 63.0 Å². The molecule has 2 aromatic carbocycles. The molecule has 1 aliphatic rings. The maximum atomic E-state index is 13.5. The summed E-state index contributed by atoms with van der Waals surface area (Å²) in [7, 11) is -2.10. The number of esters is 2. The minimum Gasteiger partial charge on any atom is -0.497 e. The molecule has 0 saturated carbocycles. The molecule has 1 saturated heterocycles. The lowest BCUT2D eigenvalue weighted by atomic mass is 10.0. The average Bonchev–Trinajstić information content (AvgIpc) is 3.37. The third-order valence-corrected chi connectivity index (χ3v) is 9.87. The van der Waals surface area contributed by atoms with E-state index >= 15 is 0 Å². The largest absolute Gasteiger partial charge is 0.497 e. The van der Waals surface area contributed by atoms with Crippen LogP contribution in [0, 0.1) is 5.92 Å². The summed E-state index contributed by atoms with van der Waals surface area (Å²) in [6.07, 6.45) is 5.98. The van der Waals surface area contributed by atoms with Crippen LogP contribution in [0.5, 0.6) is 11.5 Å². The van der Waals surface area contributed by atoms with Crippen molar-refractivity contribution in [2.24, 2.45) is 5.92 Å². The minimum atomic E-state index is -3.64. The molecule has 282 valence electrons. The highest BCUT2D eigenvalue weighted by molar-refractivity contribution is 7.85. The molecule has 0 radical (unpaired) electrons. The lowest BCUT2D eigenvalue weighted by Gasteiger charge is -2.24. The second-order valence-corrected chi connectivity index (χ2v) is 21.2. The molecule has 14 heteroatoms. The summed E-state index contributed by atoms with van der Waals surface area (Å²) in [5, 5.41) is 0. The summed E-state index contributed by atoms with van der Waals surface area (Å²) < 4.78 is 68.7. The fourth-order valence-corrected chi connectivity index (χ4v) is 6.23. The Morgan fingerprint density at radius 2 is 1.73 bits per heavy atom. The van der Waals surface area contributed by atoms with E-state index in [4.69, 9.17) is 37.3 Å². The number of hydrogen-bond acceptors (Lipinski definition) is 12. The van der Waals surface area contributed by atoms with Gasteiger partial charge in [-0.2, -0.15) is 8.42 Å². The maximum absolute atomic E-state index is 13.5. The SMILES string of the molecule is COCOc1cc(OC)cc(C=CC[C@@H]2OC(C)(C)O[C@@H]2C(C=C[C@H](C)COS(C)(=O)=O)OC(=O)c2ccccc2)c1C(=O)OCC[Si](C)(C)C. The van der Waals surface area contributed by atoms with Crippen LogP contribution in [0.3, 0.4) is 0 Å². The van der Waals surface area contributed by atoms with E-state index in [1.54, 1.807) is 81.5 Å². The standard InChI is InChI=1S/C37H52O12SSi/c1-26(24-46-50(6,40)41)18-19-30(47-35(38)27-14-11-10-12-15-27)34-31(48-37(2,3)49-34)17-13-16-28-22-29(43-5)23-32(45-25-42-4)33(28)36(39)44-20-21-51(7,8)9/h10-16,18-19,22-23,26,30-31,34H,17,20-21,24-25H2,1-9H3/t26-,30?,31-,34+/m0/s1. The van der Waals surface area contributed by atoms with Crippen LogP contribution in [0.2, 0.25) is 25.7 Å². The normalized spacial score (nSPS) is 18.8. The molecule has 0 N–H and O–H groups in total. The zero-order valence-electron chi connectivity index (χ0n) is 31.0. The van der Waals surface area contributed by atoms with Crippen LogP contribution in [0.4, 0.5) is 0 Å². The van der Waals surface area contributed by atoms with Gasteiger partial charge in [0.2, 0.25) is 0 Å². The molecule has 0 aliphatic carbocycles. The second-order valence-electron chi connectivity index (χ2n) is 14.0. The first-order valence-electron chi connectivity index (χ1n) is 16.7. The van der Waals surface area contributed by atoms with Gasteiger partial charge in [-0.3, -0.25) is 4.18 Å². The molecule has 0 bridgehead atoms. The van der Waals surface area contributed by atoms with Gasteiger partial charge in [0.1, 0.15) is 29.3 Å². The first kappa shape index (κ1) is 41.9. The van der Waals surface area contributed by atoms with Crippen molar-refractivity contribution in [3.63, 3.8) is 0 Å². The van der Waals surface area contributed by atoms with Gasteiger partial charge in [0.05, 0.1) is 38.2 Å². The van der Waals surface area contributed by atoms with Crippen LogP contribution >= 0.6 is 0 Å². The van der Waals surface area contributed by atoms with Crippen LogP contribution in [-0.4, -0.2) is 93.0 Å². The smallest absolute Gasteiger partial charge is 0.342 e. The second kappa shape index (κ2) is 18.8. The summed E-state index contributed by atoms with van der Waals surface area (Å²) >= 11 is 0. The van der Waals surface area contributed by atoms with E-state index in [-0.39, 0.29) is 37.2 Å². The molecule has 51 heavy (non-hydrogen) atoms. The summed E-state index contributed by atoms with van der Waals surface area (Å²) in [4.78, 5) is 26.7. The topological polar surface area (TPSA) is 142 Å². The summed E-state index contributed by atoms with van der Waals surface area (Å²) in [5.74, 6) is -1.75. The summed E-state index contributed by atoms with van der Waals surface area (Å²) in [6, 6.07) is 12.7. The number of ether oxygens (including phenoxy) is 7. The van der Waals surface area contributed by atoms with E-state index in [1.807, 2.05) is 6.08 Å². The Morgan fingerprint density at radius 1 is 1.02 bits per heavy atom. The zero-order chi connectivity index (χ0) is 37.8. The average molecular weight is 749 g/mol. The molecule has 1 fully saturated rings. The van der Waals surface area contributed by atoms with Gasteiger partial charge in [-0.15, -0.1) is 0 Å². The first-order valence-corrected chi connectivity index (χ1v) is 22.3. The van der Waals surface area contributed by atoms with Gasteiger partial charge < -0.3 is 33.2 Å². The van der Waals surface area contributed by atoms with Crippen molar-refractivity contribution in [1.29, 1.82) is 0 Å². The Kier molecular flexibility index (Phi) is 15.4. The predicted molar refractivity (Wildman–Crippen MR) is 196 cm³/mol. The highest BCUT2D eigenvalue weighted by atomic mass is 32.2. The number of hydrogen-bond donors (Lipinski definition) is 0. The van der Waals surface area contributed by atoms with E-state index in [0.717, 1.165) is 12.3 Å². The van der Waals surface area contributed by atoms with Gasteiger partial charge in [-0.25, -0.2) is 9.59 Å². The molecule has 4 atom stereocenters. The fraction of sp³-hybridized carbons (Fsp3) is 0.514. The Balaban J connectivity index is 1.94. The molecule has 0 spiro atoms. The lowest BCUT2D eigenvalue weighted by Crippen LogP contribution is -2.37. The van der Waals surface area contributed by atoms with Crippen LogP contribution < -0.4 is 9.47 Å². The number of methoxy groups -OCH3 is 2. The molecular formula is C37H52O12SSi. The Bertz CT molecular complexity index is 1620. The summed E-state index contributed by atoms with van der Waals surface area (Å²) in [5.41, 5.74) is 1.08. The number of carbonyl (C=O) groups is 2. The monoisotopic (exact) mass is 748 g/mol. The van der Waals surface area contributed by atoms with Crippen molar-refractivity contribution in [2.45, 2.75) is 77.0 Å². The van der Waals surface area contributed by atoms with Crippen LogP contribution in [-0.2, 0) is 38.0 Å². The fourth-order valence-electron chi connectivity index (χ4n) is 5.06. The minimum absolute atomic E-state index is 0.0894. The van der Waals surface area contributed by atoms with Crippen molar-refractivity contribution in [2.75, 3.05) is 40.5 Å². The van der Waals surface area contributed by atoms with Crippen molar-refractivity contribution >= 4 is 36.2 Å². The predicted octanol–water partition coefficient (Wildman–Crippen LogP) is 6.49. The lowest BCUT2D eigenvalue weighted by molar-refractivity contribution is -0.152. The van der Waals surface area contributed by atoms with Crippen LogP contribution in [0.25, 0.3) is 6.08 Å². The number of carbonyl (C=O) groups excluding carboxylic acids is 2. The maximum Gasteiger partial charge on any atom is 0.342 e. The Labute approximate surface area is 303 Å². The van der Waals surface area contributed by atoms with Gasteiger partial charge in [0.15, 0.2) is 12.6 Å². The van der Waals surface area contributed by atoms with Gasteiger partial charge in [0, 0.05) is 21.3 Å². The number of benzene rings is 2. The molecule has 1 aliphatic heterocycles. The van der Waals surface area contributed by atoms with Crippen LogP contribution in [0.1, 0.15) is 53.5 Å². The van der Waals surface area contributed by atoms with Crippen molar-refractivity contribution < 1.29 is 55.3 Å². The molecule has 1 heterocycles. The van der Waals surface area contributed by atoms with Gasteiger partial charge in [0.25, 0.3) is 10.1 Å². The highest BCUT2D eigenvalue weighted by Crippen LogP contribution is 2.35. The number of rotatable bonds is 19. The van der Waals surface area contributed by atoms with E-state index in [2.05, 4.69) is 19.6 Å². The van der Waals surface area contributed by atoms with E-state index in [1.165, 1.54) is 14.2 Å². The third kappa shape index (κ3) is 14.2. The van der Waals surface area contributed by atoms with Gasteiger partial charge in [-0.05, 0) is 62.1 Å².